The van der Waals surface area contributed by atoms with E-state index in [2.05, 4.69) is 83.0 Å². The number of aromatic nitrogens is 4. The van der Waals surface area contributed by atoms with Crippen LogP contribution >= 0.6 is 0 Å². The molecule has 4 aromatic rings. The van der Waals surface area contributed by atoms with E-state index in [0.29, 0.717) is 13.1 Å². The van der Waals surface area contributed by atoms with E-state index in [0.717, 1.165) is 58.1 Å². The summed E-state index contributed by atoms with van der Waals surface area (Å²) in [6.07, 6.45) is 3.89. The first kappa shape index (κ1) is 40.0. The number of carbonyl (C=O) groups excluding carboxylic acids is 4. The van der Waals surface area contributed by atoms with Crippen LogP contribution in [-0.2, 0) is 19.1 Å². The molecule has 2 aliphatic heterocycles. The molecular formula is C42H54N8O6. The van der Waals surface area contributed by atoms with Crippen molar-refractivity contribution in [2.75, 3.05) is 27.3 Å². The molecular weight excluding hydrogens is 713 g/mol. The predicted octanol–water partition coefficient (Wildman–Crippen LogP) is 6.71. The number of amides is 4. The molecule has 2 aliphatic rings. The second kappa shape index (κ2) is 17.0. The smallest absolute Gasteiger partial charge is 0.407 e. The Morgan fingerprint density at radius 3 is 1.29 bits per heavy atom. The van der Waals surface area contributed by atoms with Gasteiger partial charge < -0.3 is 39.9 Å². The van der Waals surface area contributed by atoms with Gasteiger partial charge in [0.25, 0.3) is 0 Å². The topological polar surface area (TPSA) is 175 Å². The van der Waals surface area contributed by atoms with Crippen molar-refractivity contribution in [3.8, 4) is 33.6 Å². The molecule has 2 unspecified atom stereocenters. The lowest BCUT2D eigenvalue weighted by Crippen LogP contribution is -2.51. The number of benzene rings is 2. The second-order valence-electron chi connectivity index (χ2n) is 15.9. The van der Waals surface area contributed by atoms with E-state index in [4.69, 9.17) is 19.4 Å². The molecule has 6 atom stereocenters. The number of hydrogen-bond acceptors (Lipinski definition) is 8. The minimum Gasteiger partial charge on any atom is -0.453 e. The van der Waals surface area contributed by atoms with Gasteiger partial charge >= 0.3 is 12.2 Å². The molecule has 2 aromatic carbocycles. The number of nitrogens with one attached hydrogen (secondary N) is 4. The third-order valence-electron chi connectivity index (χ3n) is 10.9. The van der Waals surface area contributed by atoms with Crippen molar-refractivity contribution in [1.82, 2.24) is 40.4 Å². The van der Waals surface area contributed by atoms with Crippen molar-refractivity contribution in [3.05, 3.63) is 72.6 Å². The van der Waals surface area contributed by atoms with Crippen LogP contribution in [0.2, 0.25) is 0 Å². The second-order valence-corrected chi connectivity index (χ2v) is 15.9. The average Bonchev–Trinajstić information content (AvgIpc) is 4.02. The molecule has 4 heterocycles. The summed E-state index contributed by atoms with van der Waals surface area (Å²) in [5, 5.41) is 5.42. The van der Waals surface area contributed by atoms with Gasteiger partial charge in [-0.1, -0.05) is 90.1 Å². The number of imidazole rings is 2. The number of likely N-dealkylation sites (tertiary alicyclic amines) is 2. The first-order valence-corrected chi connectivity index (χ1v) is 19.4. The predicted molar refractivity (Wildman–Crippen MR) is 212 cm³/mol. The zero-order valence-electron chi connectivity index (χ0n) is 33.5. The highest BCUT2D eigenvalue weighted by Gasteiger charge is 2.41. The van der Waals surface area contributed by atoms with E-state index < -0.39 is 24.3 Å². The molecule has 0 spiro atoms. The monoisotopic (exact) mass is 766 g/mol. The zero-order valence-corrected chi connectivity index (χ0v) is 33.5. The number of alkyl carbamates (subject to hydrolysis) is 2. The molecule has 0 saturated carbocycles. The van der Waals surface area contributed by atoms with Gasteiger partial charge in [0.1, 0.15) is 23.7 Å². The van der Waals surface area contributed by atoms with Crippen molar-refractivity contribution in [1.29, 1.82) is 0 Å². The van der Waals surface area contributed by atoms with E-state index in [1.807, 2.05) is 37.5 Å². The molecule has 4 amide bonds. The van der Waals surface area contributed by atoms with Crippen molar-refractivity contribution in [2.24, 2.45) is 23.7 Å². The van der Waals surface area contributed by atoms with Gasteiger partial charge in [0, 0.05) is 13.1 Å². The highest BCUT2D eigenvalue weighted by atomic mass is 16.5. The van der Waals surface area contributed by atoms with Crippen LogP contribution in [0.4, 0.5) is 9.59 Å². The third-order valence-corrected chi connectivity index (χ3v) is 10.9. The molecule has 2 saturated heterocycles. The molecule has 2 aromatic heterocycles. The maximum Gasteiger partial charge on any atom is 0.407 e. The van der Waals surface area contributed by atoms with E-state index in [1.165, 1.54) is 14.2 Å². The number of ether oxygens (including phenoxy) is 2. The van der Waals surface area contributed by atoms with Crippen LogP contribution in [0.25, 0.3) is 33.6 Å². The highest BCUT2D eigenvalue weighted by molar-refractivity contribution is 5.87. The molecule has 0 bridgehead atoms. The SMILES string of the molecule is COC(=O)NC(C(=O)N1C[C@@H](C)C[C@H]1c1ncc(-c2ccc(-c3ccc(-c4cnc([C@@H]5C[C@H](C)CN5C(=O)C(NC(=O)OC)C(C)C)[nH]4)cc3)cc2)[nH]1)C(C)C. The van der Waals surface area contributed by atoms with Crippen LogP contribution in [-0.4, -0.2) is 93.1 Å². The van der Waals surface area contributed by atoms with Gasteiger partial charge in [0.2, 0.25) is 11.8 Å². The molecule has 14 heteroatoms. The number of aromatic amines is 2. The summed E-state index contributed by atoms with van der Waals surface area (Å²) in [5.41, 5.74) is 5.76. The first-order chi connectivity index (χ1) is 26.8. The fourth-order valence-electron chi connectivity index (χ4n) is 7.84. The molecule has 4 N–H and O–H groups in total. The van der Waals surface area contributed by atoms with Crippen molar-refractivity contribution < 1.29 is 28.7 Å². The Morgan fingerprint density at radius 2 is 0.964 bits per heavy atom. The Labute approximate surface area is 328 Å². The molecule has 0 radical (unpaired) electrons. The fourth-order valence-corrected chi connectivity index (χ4v) is 7.84. The Kier molecular flexibility index (Phi) is 12.2. The minimum absolute atomic E-state index is 0.114. The summed E-state index contributed by atoms with van der Waals surface area (Å²) < 4.78 is 9.55. The maximum absolute atomic E-state index is 13.7. The number of nitrogens with zero attached hydrogens (tertiary/aromatic N) is 4. The summed E-state index contributed by atoms with van der Waals surface area (Å²) >= 11 is 0. The van der Waals surface area contributed by atoms with Crippen LogP contribution < -0.4 is 10.6 Å². The Balaban J connectivity index is 1.13. The van der Waals surface area contributed by atoms with Gasteiger partial charge in [-0.3, -0.25) is 9.59 Å². The lowest BCUT2D eigenvalue weighted by atomic mass is 10.0. The van der Waals surface area contributed by atoms with Crippen molar-refractivity contribution in [3.63, 3.8) is 0 Å². The van der Waals surface area contributed by atoms with Gasteiger partial charge in [0.15, 0.2) is 0 Å². The number of carbonyl (C=O) groups is 4. The van der Waals surface area contributed by atoms with E-state index in [9.17, 15) is 19.2 Å². The fraction of sp³-hybridized carbons (Fsp3) is 0.476. The Hall–Kier alpha value is -5.66. The number of H-pyrrole nitrogens is 2. The Bertz CT molecular complexity index is 1860. The Morgan fingerprint density at radius 1 is 0.625 bits per heavy atom. The van der Waals surface area contributed by atoms with E-state index >= 15 is 0 Å². The van der Waals surface area contributed by atoms with Crippen LogP contribution in [0.15, 0.2) is 60.9 Å². The van der Waals surface area contributed by atoms with E-state index in [-0.39, 0.29) is 47.6 Å². The summed E-state index contributed by atoms with van der Waals surface area (Å²) in [6.45, 7) is 13.0. The van der Waals surface area contributed by atoms with Crippen LogP contribution in [0, 0.1) is 23.7 Å². The number of rotatable bonds is 11. The highest BCUT2D eigenvalue weighted by Crippen LogP contribution is 2.38. The van der Waals surface area contributed by atoms with Gasteiger partial charge in [0.05, 0.1) is 50.1 Å². The number of methoxy groups -OCH3 is 2. The summed E-state index contributed by atoms with van der Waals surface area (Å²) in [5.74, 6) is 1.48. The van der Waals surface area contributed by atoms with Gasteiger partial charge in [-0.25, -0.2) is 19.6 Å². The average molecular weight is 767 g/mol. The van der Waals surface area contributed by atoms with Crippen LogP contribution in [0.3, 0.4) is 0 Å². The molecule has 2 fully saturated rings. The van der Waals surface area contributed by atoms with Gasteiger partial charge in [-0.2, -0.15) is 0 Å². The first-order valence-electron chi connectivity index (χ1n) is 19.4. The molecule has 14 nitrogen and oxygen atoms in total. The van der Waals surface area contributed by atoms with Gasteiger partial charge in [-0.05, 0) is 58.8 Å². The number of hydrogen-bond donors (Lipinski definition) is 4. The lowest BCUT2D eigenvalue weighted by Gasteiger charge is -2.30. The third kappa shape index (κ3) is 8.58. The molecule has 56 heavy (non-hydrogen) atoms. The van der Waals surface area contributed by atoms with Crippen LogP contribution in [0.1, 0.15) is 78.1 Å². The summed E-state index contributed by atoms with van der Waals surface area (Å²) in [4.78, 5) is 71.3. The largest absolute Gasteiger partial charge is 0.453 e. The normalized spacial score (nSPS) is 20.6. The maximum atomic E-state index is 13.7. The standard InChI is InChI=1S/C42H54N8O6/c1-23(2)35(47-41(53)55-7)39(51)49-21-25(5)17-33(49)37-43-19-31(45-37)29-13-9-27(10-14-29)28-11-15-30(16-12-28)32-20-44-38(46-32)34-18-26(6)22-50(34)40(52)36(24(3)4)48-42(54)56-8/h9-16,19-20,23-26,33-36H,17-18,21-22H2,1-8H3,(H,43,45)(H,44,46)(H,47,53)(H,48,54)/t25-,26-,33-,34-,35?,36?/m0/s1. The minimum atomic E-state index is -0.700. The quantitative estimate of drug-likeness (QED) is 0.130. The molecule has 298 valence electrons. The summed E-state index contributed by atoms with van der Waals surface area (Å²) in [6, 6.07) is 14.6. The molecule has 0 aliphatic carbocycles. The lowest BCUT2D eigenvalue weighted by molar-refractivity contribution is -0.136. The van der Waals surface area contributed by atoms with Crippen molar-refractivity contribution >= 4 is 24.0 Å². The molecule has 6 rings (SSSR count). The van der Waals surface area contributed by atoms with Crippen LogP contribution in [0.5, 0.6) is 0 Å². The van der Waals surface area contributed by atoms with Gasteiger partial charge in [-0.15, -0.1) is 0 Å². The van der Waals surface area contributed by atoms with E-state index in [1.54, 1.807) is 12.4 Å². The zero-order chi connectivity index (χ0) is 40.3. The van der Waals surface area contributed by atoms with Crippen molar-refractivity contribution in [2.45, 2.75) is 78.6 Å². The summed E-state index contributed by atoms with van der Waals surface area (Å²) in [7, 11) is 2.58.